The minimum atomic E-state index is -0.900. The van der Waals surface area contributed by atoms with Gasteiger partial charge in [0.15, 0.2) is 6.10 Å². The number of benzene rings is 1. The topological polar surface area (TPSA) is 71.1 Å². The van der Waals surface area contributed by atoms with Gasteiger partial charge >= 0.3 is 11.9 Å². The predicted octanol–water partition coefficient (Wildman–Crippen LogP) is 2.20. The Morgan fingerprint density at radius 3 is 2.35 bits per heavy atom. The Balaban J connectivity index is 1.98. The monoisotopic (exact) mass is 322 g/mol. The first-order valence-corrected chi connectivity index (χ1v) is 7.61. The van der Waals surface area contributed by atoms with Gasteiger partial charge < -0.3 is 18.9 Å². The van der Waals surface area contributed by atoms with Crippen LogP contribution in [0.3, 0.4) is 0 Å². The van der Waals surface area contributed by atoms with Crippen LogP contribution in [0, 0.1) is 0 Å². The standard InChI is InChI=1S/C17H22O6/c1-11-15(20-10-14-7-5-4-6-8-14)9-16(22-12(2)18)17(21-11)23-13(3)19/h4-8,11,15-17H,9-10H2,1-3H3/t11-,15+,16-,17+/m1/s1. The van der Waals surface area contributed by atoms with E-state index in [9.17, 15) is 9.59 Å². The second kappa shape index (κ2) is 8.08. The number of hydrogen-bond acceptors (Lipinski definition) is 6. The summed E-state index contributed by atoms with van der Waals surface area (Å²) in [5.74, 6) is -0.935. The van der Waals surface area contributed by atoms with Gasteiger partial charge in [-0.1, -0.05) is 30.3 Å². The molecule has 6 nitrogen and oxygen atoms in total. The molecular formula is C17H22O6. The van der Waals surface area contributed by atoms with Crippen molar-refractivity contribution in [1.82, 2.24) is 0 Å². The van der Waals surface area contributed by atoms with E-state index in [0.29, 0.717) is 13.0 Å². The SMILES string of the molecule is CC(=O)O[C@@H]1O[C@H](C)[C@@H](OCc2ccccc2)C[C@H]1OC(C)=O. The summed E-state index contributed by atoms with van der Waals surface area (Å²) in [5.41, 5.74) is 1.05. The summed E-state index contributed by atoms with van der Waals surface area (Å²) in [6.45, 7) is 4.87. The lowest BCUT2D eigenvalue weighted by Crippen LogP contribution is -2.50. The maximum Gasteiger partial charge on any atom is 0.305 e. The van der Waals surface area contributed by atoms with Crippen molar-refractivity contribution >= 4 is 11.9 Å². The van der Waals surface area contributed by atoms with Crippen molar-refractivity contribution in [3.05, 3.63) is 35.9 Å². The highest BCUT2D eigenvalue weighted by Crippen LogP contribution is 2.26. The minimum absolute atomic E-state index is 0.258. The molecule has 1 aliphatic rings. The van der Waals surface area contributed by atoms with E-state index in [1.54, 1.807) is 0 Å². The van der Waals surface area contributed by atoms with Crippen LogP contribution in [0.4, 0.5) is 0 Å². The van der Waals surface area contributed by atoms with Crippen LogP contribution >= 0.6 is 0 Å². The number of carbonyl (C=O) groups is 2. The highest BCUT2D eigenvalue weighted by molar-refractivity contribution is 5.67. The third kappa shape index (κ3) is 5.33. The molecule has 0 aromatic heterocycles. The first kappa shape index (κ1) is 17.4. The third-order valence-corrected chi connectivity index (χ3v) is 3.55. The first-order valence-electron chi connectivity index (χ1n) is 7.61. The predicted molar refractivity (Wildman–Crippen MR) is 81.3 cm³/mol. The second-order valence-corrected chi connectivity index (χ2v) is 5.54. The van der Waals surface area contributed by atoms with Gasteiger partial charge in [-0.05, 0) is 12.5 Å². The molecule has 1 fully saturated rings. The van der Waals surface area contributed by atoms with Gasteiger partial charge in [-0.3, -0.25) is 9.59 Å². The van der Waals surface area contributed by atoms with Crippen LogP contribution < -0.4 is 0 Å². The lowest BCUT2D eigenvalue weighted by molar-refractivity contribution is -0.265. The fourth-order valence-electron chi connectivity index (χ4n) is 2.48. The van der Waals surface area contributed by atoms with Gasteiger partial charge in [-0.2, -0.15) is 0 Å². The number of rotatable bonds is 5. The third-order valence-electron chi connectivity index (χ3n) is 3.55. The van der Waals surface area contributed by atoms with Gasteiger partial charge in [-0.15, -0.1) is 0 Å². The Morgan fingerprint density at radius 1 is 1.09 bits per heavy atom. The van der Waals surface area contributed by atoms with E-state index < -0.39 is 24.3 Å². The second-order valence-electron chi connectivity index (χ2n) is 5.54. The van der Waals surface area contributed by atoms with Gasteiger partial charge in [0, 0.05) is 20.3 Å². The summed E-state index contributed by atoms with van der Waals surface area (Å²) in [6.07, 6.45) is -1.71. The summed E-state index contributed by atoms with van der Waals surface area (Å²) < 4.78 is 21.9. The zero-order chi connectivity index (χ0) is 16.8. The number of esters is 2. The summed E-state index contributed by atoms with van der Waals surface area (Å²) in [5, 5.41) is 0. The fourth-order valence-corrected chi connectivity index (χ4v) is 2.48. The van der Waals surface area contributed by atoms with E-state index in [-0.39, 0.29) is 12.2 Å². The van der Waals surface area contributed by atoms with Crippen LogP contribution in [-0.4, -0.2) is 36.5 Å². The molecule has 1 saturated heterocycles. The van der Waals surface area contributed by atoms with E-state index in [1.807, 2.05) is 37.3 Å². The summed E-state index contributed by atoms with van der Waals surface area (Å²) >= 11 is 0. The molecule has 1 aromatic carbocycles. The average molecular weight is 322 g/mol. The van der Waals surface area contributed by atoms with Crippen molar-refractivity contribution < 1.29 is 28.5 Å². The maximum absolute atomic E-state index is 11.3. The van der Waals surface area contributed by atoms with Gasteiger partial charge in [0.25, 0.3) is 0 Å². The van der Waals surface area contributed by atoms with Crippen molar-refractivity contribution in [3.8, 4) is 0 Å². The molecule has 1 aliphatic heterocycles. The van der Waals surface area contributed by atoms with Crippen molar-refractivity contribution in [3.63, 3.8) is 0 Å². The smallest absolute Gasteiger partial charge is 0.305 e. The molecule has 0 N–H and O–H groups in total. The molecule has 4 atom stereocenters. The molecule has 0 bridgehead atoms. The van der Waals surface area contributed by atoms with Crippen molar-refractivity contribution in [2.45, 2.75) is 58.4 Å². The van der Waals surface area contributed by atoms with Crippen molar-refractivity contribution in [1.29, 1.82) is 0 Å². The van der Waals surface area contributed by atoms with Crippen LogP contribution in [0.5, 0.6) is 0 Å². The molecule has 1 heterocycles. The minimum Gasteiger partial charge on any atom is -0.456 e. The number of hydrogen-bond donors (Lipinski definition) is 0. The van der Waals surface area contributed by atoms with E-state index >= 15 is 0 Å². The highest BCUT2D eigenvalue weighted by atomic mass is 16.7. The van der Waals surface area contributed by atoms with E-state index in [1.165, 1.54) is 13.8 Å². The Kier molecular flexibility index (Phi) is 6.12. The van der Waals surface area contributed by atoms with Gasteiger partial charge in [0.2, 0.25) is 6.29 Å². The molecule has 0 spiro atoms. The van der Waals surface area contributed by atoms with E-state index in [0.717, 1.165) is 5.56 Å². The van der Waals surface area contributed by atoms with Gasteiger partial charge in [0.05, 0.1) is 18.8 Å². The quantitative estimate of drug-likeness (QED) is 0.774. The molecule has 1 aromatic rings. The lowest BCUT2D eigenvalue weighted by Gasteiger charge is -2.38. The molecule has 126 valence electrons. The molecule has 0 unspecified atom stereocenters. The van der Waals surface area contributed by atoms with Crippen LogP contribution in [0.1, 0.15) is 32.8 Å². The van der Waals surface area contributed by atoms with E-state index in [2.05, 4.69) is 0 Å². The normalized spacial score (nSPS) is 27.3. The van der Waals surface area contributed by atoms with Crippen molar-refractivity contribution in [2.75, 3.05) is 0 Å². The zero-order valence-electron chi connectivity index (χ0n) is 13.6. The van der Waals surface area contributed by atoms with Crippen LogP contribution in [0.25, 0.3) is 0 Å². The zero-order valence-corrected chi connectivity index (χ0v) is 13.6. The summed E-state index contributed by atoms with van der Waals surface area (Å²) in [4.78, 5) is 22.4. The Bertz CT molecular complexity index is 529. The van der Waals surface area contributed by atoms with Crippen LogP contribution in [0.2, 0.25) is 0 Å². The van der Waals surface area contributed by atoms with Gasteiger partial charge in [0.1, 0.15) is 0 Å². The Morgan fingerprint density at radius 2 is 1.74 bits per heavy atom. The molecule has 2 rings (SSSR count). The molecular weight excluding hydrogens is 300 g/mol. The maximum atomic E-state index is 11.3. The molecule has 0 amide bonds. The number of carbonyl (C=O) groups excluding carboxylic acids is 2. The Hall–Kier alpha value is -1.92. The first-order chi connectivity index (χ1) is 11.0. The summed E-state index contributed by atoms with van der Waals surface area (Å²) in [6, 6.07) is 9.77. The largest absolute Gasteiger partial charge is 0.456 e. The highest BCUT2D eigenvalue weighted by Gasteiger charge is 2.40. The van der Waals surface area contributed by atoms with Crippen LogP contribution in [-0.2, 0) is 35.1 Å². The summed E-state index contributed by atoms with van der Waals surface area (Å²) in [7, 11) is 0. The van der Waals surface area contributed by atoms with Crippen LogP contribution in [0.15, 0.2) is 30.3 Å². The molecule has 6 heteroatoms. The van der Waals surface area contributed by atoms with Gasteiger partial charge in [-0.25, -0.2) is 0 Å². The fraction of sp³-hybridized carbons (Fsp3) is 0.529. The van der Waals surface area contributed by atoms with Crippen molar-refractivity contribution in [2.24, 2.45) is 0 Å². The molecule has 0 aliphatic carbocycles. The lowest BCUT2D eigenvalue weighted by atomic mass is 10.0. The average Bonchev–Trinajstić information content (AvgIpc) is 2.48. The molecule has 23 heavy (non-hydrogen) atoms. The molecule has 0 radical (unpaired) electrons. The van der Waals surface area contributed by atoms with E-state index in [4.69, 9.17) is 18.9 Å². The molecule has 0 saturated carbocycles. The number of ether oxygens (including phenoxy) is 4. The Labute approximate surface area is 135 Å².